The Kier molecular flexibility index (Phi) is 3.54. The molecule has 0 fully saturated rings. The summed E-state index contributed by atoms with van der Waals surface area (Å²) < 4.78 is 0. The molecule has 0 aromatic carbocycles. The number of H-pyrrole nitrogens is 1. The number of aromatic nitrogens is 3. The molecule has 0 amide bonds. The Morgan fingerprint density at radius 3 is 2.82 bits per heavy atom. The van der Waals surface area contributed by atoms with Crippen molar-refractivity contribution in [2.24, 2.45) is 0 Å². The predicted octanol–water partition coefficient (Wildman–Crippen LogP) is 2.31. The summed E-state index contributed by atoms with van der Waals surface area (Å²) in [6, 6.07) is 3.97. The summed E-state index contributed by atoms with van der Waals surface area (Å²) in [4.78, 5) is 4.14. The van der Waals surface area contributed by atoms with Crippen molar-refractivity contribution in [2.45, 2.75) is 26.3 Å². The summed E-state index contributed by atoms with van der Waals surface area (Å²) in [6.07, 6.45) is 3.62. The average Bonchev–Trinajstić information content (AvgIpc) is 2.75. The fourth-order valence-corrected chi connectivity index (χ4v) is 1.95. The third kappa shape index (κ3) is 2.36. The van der Waals surface area contributed by atoms with E-state index in [1.165, 1.54) is 11.3 Å². The van der Waals surface area contributed by atoms with Gasteiger partial charge in [-0.2, -0.15) is 5.10 Å². The van der Waals surface area contributed by atoms with Gasteiger partial charge in [0.05, 0.1) is 5.69 Å². The van der Waals surface area contributed by atoms with Gasteiger partial charge in [-0.1, -0.05) is 13.8 Å². The molecule has 0 saturated heterocycles. The molecule has 0 atom stereocenters. The first-order valence-electron chi connectivity index (χ1n) is 5.86. The minimum absolute atomic E-state index is 0.441. The van der Waals surface area contributed by atoms with Crippen molar-refractivity contribution in [3.63, 3.8) is 0 Å². The number of rotatable bonds is 4. The fourth-order valence-electron chi connectivity index (χ4n) is 1.95. The second-order valence-corrected chi connectivity index (χ2v) is 4.39. The number of nitrogens with zero attached hydrogens (tertiary/aromatic N) is 2. The van der Waals surface area contributed by atoms with E-state index in [-0.39, 0.29) is 0 Å². The molecule has 0 radical (unpaired) electrons. The lowest BCUT2D eigenvalue weighted by atomic mass is 10.0. The van der Waals surface area contributed by atoms with Gasteiger partial charge in [0, 0.05) is 35.8 Å². The Morgan fingerprint density at radius 1 is 1.41 bits per heavy atom. The van der Waals surface area contributed by atoms with Crippen molar-refractivity contribution >= 4 is 0 Å². The molecule has 2 rings (SSSR count). The molecule has 0 aliphatic heterocycles. The molecule has 0 saturated carbocycles. The quantitative estimate of drug-likeness (QED) is 0.847. The molecule has 0 spiro atoms. The van der Waals surface area contributed by atoms with E-state index in [0.717, 1.165) is 17.8 Å². The van der Waals surface area contributed by atoms with Gasteiger partial charge in [0.15, 0.2) is 0 Å². The van der Waals surface area contributed by atoms with Gasteiger partial charge in [0.2, 0.25) is 0 Å². The first kappa shape index (κ1) is 11.8. The first-order valence-corrected chi connectivity index (χ1v) is 5.86. The van der Waals surface area contributed by atoms with E-state index in [9.17, 15) is 0 Å². The highest BCUT2D eigenvalue weighted by atomic mass is 15.1. The largest absolute Gasteiger partial charge is 0.316 e. The second kappa shape index (κ2) is 5.10. The number of nitrogens with one attached hydrogen (secondary N) is 2. The SMILES string of the molecule is CNCc1c(-c2cccnc2)n[nH]c1C(C)C. The van der Waals surface area contributed by atoms with E-state index in [4.69, 9.17) is 0 Å². The molecule has 0 bridgehead atoms. The normalized spacial score (nSPS) is 11.1. The zero-order valence-electron chi connectivity index (χ0n) is 10.5. The second-order valence-electron chi connectivity index (χ2n) is 4.39. The van der Waals surface area contributed by atoms with Gasteiger partial charge in [-0.3, -0.25) is 10.1 Å². The maximum absolute atomic E-state index is 4.42. The molecule has 0 unspecified atom stereocenters. The van der Waals surface area contributed by atoms with Crippen LogP contribution in [-0.2, 0) is 6.54 Å². The molecule has 0 aliphatic rings. The van der Waals surface area contributed by atoms with Crippen molar-refractivity contribution in [3.05, 3.63) is 35.8 Å². The Labute approximate surface area is 101 Å². The molecule has 4 nitrogen and oxygen atoms in total. The summed E-state index contributed by atoms with van der Waals surface area (Å²) in [5.41, 5.74) is 4.48. The lowest BCUT2D eigenvalue weighted by molar-refractivity contribution is 0.760. The number of pyridine rings is 1. The molecule has 2 heterocycles. The minimum Gasteiger partial charge on any atom is -0.316 e. The van der Waals surface area contributed by atoms with Crippen LogP contribution in [0.1, 0.15) is 31.0 Å². The van der Waals surface area contributed by atoms with E-state index < -0.39 is 0 Å². The third-order valence-corrected chi connectivity index (χ3v) is 2.77. The monoisotopic (exact) mass is 230 g/mol. The Morgan fingerprint density at radius 2 is 2.24 bits per heavy atom. The number of aromatic amines is 1. The molecule has 90 valence electrons. The van der Waals surface area contributed by atoms with Crippen LogP contribution < -0.4 is 5.32 Å². The van der Waals surface area contributed by atoms with Crippen molar-refractivity contribution in [2.75, 3.05) is 7.05 Å². The van der Waals surface area contributed by atoms with Crippen LogP contribution in [0, 0.1) is 0 Å². The van der Waals surface area contributed by atoms with Crippen LogP contribution in [0.15, 0.2) is 24.5 Å². The van der Waals surface area contributed by atoms with Crippen LogP contribution in [0.5, 0.6) is 0 Å². The Bertz CT molecular complexity index is 473. The van der Waals surface area contributed by atoms with Crippen LogP contribution in [-0.4, -0.2) is 22.2 Å². The fraction of sp³-hybridized carbons (Fsp3) is 0.385. The predicted molar refractivity (Wildman–Crippen MR) is 68.7 cm³/mol. The van der Waals surface area contributed by atoms with Gasteiger partial charge < -0.3 is 5.32 Å². The topological polar surface area (TPSA) is 53.6 Å². The van der Waals surface area contributed by atoms with Gasteiger partial charge >= 0.3 is 0 Å². The number of hydrogen-bond acceptors (Lipinski definition) is 3. The van der Waals surface area contributed by atoms with Gasteiger partial charge in [-0.15, -0.1) is 0 Å². The zero-order valence-corrected chi connectivity index (χ0v) is 10.5. The maximum atomic E-state index is 4.42. The molecule has 4 heteroatoms. The van der Waals surface area contributed by atoms with Crippen LogP contribution in [0.25, 0.3) is 11.3 Å². The lowest BCUT2D eigenvalue weighted by Gasteiger charge is -2.07. The molecule has 2 aromatic heterocycles. The molecule has 2 N–H and O–H groups in total. The molecule has 17 heavy (non-hydrogen) atoms. The zero-order chi connectivity index (χ0) is 12.3. The lowest BCUT2D eigenvalue weighted by Crippen LogP contribution is -2.08. The molecule has 2 aromatic rings. The highest BCUT2D eigenvalue weighted by Crippen LogP contribution is 2.27. The molecular formula is C13H18N4. The Hall–Kier alpha value is -1.68. The minimum atomic E-state index is 0.441. The summed E-state index contributed by atoms with van der Waals surface area (Å²) >= 11 is 0. The third-order valence-electron chi connectivity index (χ3n) is 2.77. The highest BCUT2D eigenvalue weighted by molar-refractivity contribution is 5.63. The van der Waals surface area contributed by atoms with E-state index in [0.29, 0.717) is 5.92 Å². The van der Waals surface area contributed by atoms with E-state index in [1.807, 2.05) is 25.4 Å². The van der Waals surface area contributed by atoms with Crippen molar-refractivity contribution in [1.82, 2.24) is 20.5 Å². The highest BCUT2D eigenvalue weighted by Gasteiger charge is 2.16. The Balaban J connectivity index is 2.47. The standard InChI is InChI=1S/C13H18N4/c1-9(2)12-11(8-14-3)13(17-16-12)10-5-4-6-15-7-10/h4-7,9,14H,8H2,1-3H3,(H,16,17). The van der Waals surface area contributed by atoms with Gasteiger partial charge in [-0.25, -0.2) is 0 Å². The van der Waals surface area contributed by atoms with E-state index in [2.05, 4.69) is 34.3 Å². The summed E-state index contributed by atoms with van der Waals surface area (Å²) in [7, 11) is 1.95. The van der Waals surface area contributed by atoms with Crippen molar-refractivity contribution in [1.29, 1.82) is 0 Å². The first-order chi connectivity index (χ1) is 8.24. The van der Waals surface area contributed by atoms with Crippen LogP contribution in [0.2, 0.25) is 0 Å². The van der Waals surface area contributed by atoms with Gasteiger partial charge in [0.1, 0.15) is 0 Å². The summed E-state index contributed by atoms with van der Waals surface area (Å²) in [6.45, 7) is 5.15. The van der Waals surface area contributed by atoms with Crippen LogP contribution in [0.3, 0.4) is 0 Å². The van der Waals surface area contributed by atoms with Gasteiger partial charge in [-0.05, 0) is 25.1 Å². The molecule has 0 aliphatic carbocycles. The van der Waals surface area contributed by atoms with Gasteiger partial charge in [0.25, 0.3) is 0 Å². The van der Waals surface area contributed by atoms with E-state index in [1.54, 1.807) is 6.20 Å². The van der Waals surface area contributed by atoms with Crippen molar-refractivity contribution < 1.29 is 0 Å². The smallest absolute Gasteiger partial charge is 0.0984 e. The average molecular weight is 230 g/mol. The molecular weight excluding hydrogens is 212 g/mol. The van der Waals surface area contributed by atoms with Crippen LogP contribution in [0.4, 0.5) is 0 Å². The summed E-state index contributed by atoms with van der Waals surface area (Å²) in [5.74, 6) is 0.441. The summed E-state index contributed by atoms with van der Waals surface area (Å²) in [5, 5.41) is 10.8. The maximum Gasteiger partial charge on any atom is 0.0984 e. The number of hydrogen-bond donors (Lipinski definition) is 2. The van der Waals surface area contributed by atoms with E-state index >= 15 is 0 Å². The van der Waals surface area contributed by atoms with Crippen molar-refractivity contribution in [3.8, 4) is 11.3 Å². The van der Waals surface area contributed by atoms with Crippen LogP contribution >= 0.6 is 0 Å².